The first-order chi connectivity index (χ1) is 8.81. The Morgan fingerprint density at radius 3 is 2.32 bits per heavy atom. The van der Waals surface area contributed by atoms with Gasteiger partial charge in [0.25, 0.3) is 0 Å². The van der Waals surface area contributed by atoms with Gasteiger partial charge in [-0.2, -0.15) is 4.79 Å². The van der Waals surface area contributed by atoms with Crippen LogP contribution in [0.3, 0.4) is 0 Å². The summed E-state index contributed by atoms with van der Waals surface area (Å²) < 4.78 is 5.18. The lowest BCUT2D eigenvalue weighted by Crippen LogP contribution is -2.41. The molecule has 1 aliphatic rings. The van der Waals surface area contributed by atoms with Crippen LogP contribution in [0.5, 0.6) is 0 Å². The average Bonchev–Trinajstić information content (AvgIpc) is 2.27. The van der Waals surface area contributed by atoms with Crippen LogP contribution in [0.15, 0.2) is 0 Å². The van der Waals surface area contributed by atoms with Gasteiger partial charge >= 0.3 is 12.3 Å². The Kier molecular flexibility index (Phi) is 5.24. The number of alkyl carbamates (subject to hydrolysis) is 1. The molecule has 0 spiro atoms. The number of amides is 1. The third-order valence-corrected chi connectivity index (χ3v) is 3.04. The van der Waals surface area contributed by atoms with E-state index in [2.05, 4.69) is 10.1 Å². The van der Waals surface area contributed by atoms with Gasteiger partial charge in [0.05, 0.1) is 0 Å². The van der Waals surface area contributed by atoms with Crippen molar-refractivity contribution < 1.29 is 19.1 Å². The monoisotopic (exact) mass is 267 g/mol. The number of ether oxygens (including phenoxy) is 1. The van der Waals surface area contributed by atoms with E-state index in [0.717, 1.165) is 19.1 Å². The van der Waals surface area contributed by atoms with Crippen molar-refractivity contribution in [2.24, 2.45) is 5.92 Å². The maximum atomic E-state index is 11.6. The lowest BCUT2D eigenvalue weighted by atomic mass is 9.84. The minimum Gasteiger partial charge on any atom is -0.444 e. The predicted molar refractivity (Wildman–Crippen MR) is 69.8 cm³/mol. The highest BCUT2D eigenvalue weighted by Gasteiger charge is 2.28. The third-order valence-electron chi connectivity index (χ3n) is 3.04. The normalized spacial score (nSPS) is 23.1. The molecule has 0 atom stereocenters. The summed E-state index contributed by atoms with van der Waals surface area (Å²) in [5.74, 6) is -0.259. The minimum absolute atomic E-state index is 0.0463. The van der Waals surface area contributed by atoms with Crippen LogP contribution in [-0.4, -0.2) is 34.5 Å². The molecule has 19 heavy (non-hydrogen) atoms. The predicted octanol–water partition coefficient (Wildman–Crippen LogP) is 1.94. The van der Waals surface area contributed by atoms with Gasteiger partial charge in [-0.1, -0.05) is 0 Å². The van der Waals surface area contributed by atoms with Crippen LogP contribution in [0.4, 0.5) is 4.79 Å². The fraction of sp³-hybridized carbons (Fsp3) is 0.769. The van der Waals surface area contributed by atoms with E-state index in [1.165, 1.54) is 0 Å². The van der Waals surface area contributed by atoms with Gasteiger partial charge in [-0.25, -0.2) is 4.79 Å². The highest BCUT2D eigenvalue weighted by Crippen LogP contribution is 2.24. The SMILES string of the molecule is CC(C)(C)OC(=O)N[C@H]1CC[C@H](C(=O)C=[N+]=[N-])CC1. The quantitative estimate of drug-likeness (QED) is 0.481. The van der Waals surface area contributed by atoms with Crippen molar-refractivity contribution in [3.05, 3.63) is 5.53 Å². The zero-order chi connectivity index (χ0) is 14.5. The van der Waals surface area contributed by atoms with Crippen molar-refractivity contribution >= 4 is 18.1 Å². The second-order valence-corrected chi connectivity index (χ2v) is 5.84. The molecule has 0 saturated heterocycles. The molecule has 1 aliphatic carbocycles. The van der Waals surface area contributed by atoms with Crippen molar-refractivity contribution in [1.82, 2.24) is 5.32 Å². The highest BCUT2D eigenvalue weighted by molar-refractivity contribution is 6.26. The molecular formula is C13H21N3O3. The summed E-state index contributed by atoms with van der Waals surface area (Å²) in [7, 11) is 0. The van der Waals surface area contributed by atoms with E-state index in [0.29, 0.717) is 12.8 Å². The zero-order valence-electron chi connectivity index (χ0n) is 11.7. The number of hydrogen-bond acceptors (Lipinski definition) is 3. The van der Waals surface area contributed by atoms with Crippen molar-refractivity contribution in [2.75, 3.05) is 0 Å². The summed E-state index contributed by atoms with van der Waals surface area (Å²) in [6, 6.07) is 0.0463. The second-order valence-electron chi connectivity index (χ2n) is 5.84. The summed E-state index contributed by atoms with van der Waals surface area (Å²) in [5.41, 5.74) is 7.82. The molecule has 0 aromatic rings. The average molecular weight is 267 g/mol. The first-order valence-corrected chi connectivity index (χ1v) is 6.52. The van der Waals surface area contributed by atoms with Gasteiger partial charge < -0.3 is 15.6 Å². The Morgan fingerprint density at radius 2 is 1.84 bits per heavy atom. The lowest BCUT2D eigenvalue weighted by Gasteiger charge is -2.28. The first kappa shape index (κ1) is 15.4. The second kappa shape index (κ2) is 6.48. The lowest BCUT2D eigenvalue weighted by molar-refractivity contribution is -0.120. The molecule has 1 saturated carbocycles. The number of hydrogen-bond donors (Lipinski definition) is 1. The summed E-state index contributed by atoms with van der Waals surface area (Å²) in [5, 5.41) is 2.81. The number of carbonyl (C=O) groups excluding carboxylic acids is 2. The molecule has 6 nitrogen and oxygen atoms in total. The van der Waals surface area contributed by atoms with Gasteiger partial charge in [0.1, 0.15) is 5.60 Å². The van der Waals surface area contributed by atoms with Crippen LogP contribution in [-0.2, 0) is 9.53 Å². The van der Waals surface area contributed by atoms with Crippen molar-refractivity contribution in [2.45, 2.75) is 58.1 Å². The number of carbonyl (C=O) groups is 2. The number of ketones is 1. The Morgan fingerprint density at radius 1 is 1.26 bits per heavy atom. The molecule has 6 heteroatoms. The Hall–Kier alpha value is -1.68. The van der Waals surface area contributed by atoms with Crippen LogP contribution in [0.2, 0.25) is 0 Å². The molecule has 1 amide bonds. The molecule has 0 radical (unpaired) electrons. The van der Waals surface area contributed by atoms with Crippen LogP contribution in [0, 0.1) is 5.92 Å². The molecule has 1 fully saturated rings. The topological polar surface area (TPSA) is 91.8 Å². The number of rotatable bonds is 3. The molecule has 0 aromatic heterocycles. The van der Waals surface area contributed by atoms with Gasteiger partial charge in [0.2, 0.25) is 5.78 Å². The molecular weight excluding hydrogens is 246 g/mol. The number of nitrogens with one attached hydrogen (secondary N) is 1. The van der Waals surface area contributed by atoms with Gasteiger partial charge in [-0.05, 0) is 46.5 Å². The van der Waals surface area contributed by atoms with Crippen molar-refractivity contribution in [1.29, 1.82) is 0 Å². The number of Topliss-reactive ketones (excluding diaryl/α,β-unsaturated/α-hetero) is 1. The molecule has 0 aromatic carbocycles. The van der Waals surface area contributed by atoms with Crippen LogP contribution >= 0.6 is 0 Å². The Labute approximate surface area is 113 Å². The summed E-state index contributed by atoms with van der Waals surface area (Å²) >= 11 is 0. The fourth-order valence-corrected chi connectivity index (χ4v) is 2.16. The van der Waals surface area contributed by atoms with Crippen LogP contribution in [0.25, 0.3) is 5.53 Å². The van der Waals surface area contributed by atoms with E-state index in [-0.39, 0.29) is 17.7 Å². The standard InChI is InChI=1S/C13H21N3O3/c1-13(2,3)19-12(18)16-10-6-4-9(5-7-10)11(17)8-15-14/h8-10H,4-7H2,1-3H3,(H,16,18)/t9-,10-. The molecule has 0 bridgehead atoms. The molecule has 0 aliphatic heterocycles. The highest BCUT2D eigenvalue weighted by atomic mass is 16.6. The van der Waals surface area contributed by atoms with Crippen LogP contribution in [0.1, 0.15) is 46.5 Å². The molecule has 1 N–H and O–H groups in total. The molecule has 1 rings (SSSR count). The van der Waals surface area contributed by atoms with E-state index in [4.69, 9.17) is 10.3 Å². The fourth-order valence-electron chi connectivity index (χ4n) is 2.16. The Balaban J connectivity index is 2.36. The maximum absolute atomic E-state index is 11.6. The van der Waals surface area contributed by atoms with Crippen molar-refractivity contribution in [3.8, 4) is 0 Å². The van der Waals surface area contributed by atoms with E-state index in [9.17, 15) is 9.59 Å². The van der Waals surface area contributed by atoms with Crippen molar-refractivity contribution in [3.63, 3.8) is 0 Å². The van der Waals surface area contributed by atoms with Gasteiger partial charge in [-0.3, -0.25) is 4.79 Å². The summed E-state index contributed by atoms with van der Waals surface area (Å²) in [4.78, 5) is 25.8. The third kappa shape index (κ3) is 5.66. The zero-order valence-corrected chi connectivity index (χ0v) is 11.7. The van der Waals surface area contributed by atoms with Gasteiger partial charge in [0, 0.05) is 12.0 Å². The smallest absolute Gasteiger partial charge is 0.407 e. The maximum Gasteiger partial charge on any atom is 0.407 e. The largest absolute Gasteiger partial charge is 0.444 e. The van der Waals surface area contributed by atoms with E-state index < -0.39 is 11.7 Å². The summed E-state index contributed by atoms with van der Waals surface area (Å²) in [6.07, 6.45) is 3.37. The van der Waals surface area contributed by atoms with Crippen LogP contribution < -0.4 is 5.32 Å². The van der Waals surface area contributed by atoms with E-state index in [1.807, 2.05) is 20.8 Å². The van der Waals surface area contributed by atoms with Gasteiger partial charge in [0.15, 0.2) is 0 Å². The minimum atomic E-state index is -0.505. The first-order valence-electron chi connectivity index (χ1n) is 6.52. The van der Waals surface area contributed by atoms with E-state index >= 15 is 0 Å². The van der Waals surface area contributed by atoms with E-state index in [1.54, 1.807) is 0 Å². The molecule has 0 heterocycles. The summed E-state index contributed by atoms with van der Waals surface area (Å²) in [6.45, 7) is 5.45. The molecule has 106 valence electrons. The Bertz CT molecular complexity index is 386. The van der Waals surface area contributed by atoms with Gasteiger partial charge in [-0.15, -0.1) is 0 Å². The molecule has 0 unspecified atom stereocenters. The number of nitrogens with zero attached hydrogens (tertiary/aromatic N) is 2.